The molecule has 0 N–H and O–H groups in total. The molecule has 0 atom stereocenters. The highest BCUT2D eigenvalue weighted by Gasteiger charge is 2.19. The predicted molar refractivity (Wildman–Crippen MR) is 46.8 cm³/mol. The number of hydrogen-bond acceptors (Lipinski definition) is 2. The summed E-state index contributed by atoms with van der Waals surface area (Å²) in [7, 11) is 0. The van der Waals surface area contributed by atoms with Gasteiger partial charge < -0.3 is 5.21 Å². The summed E-state index contributed by atoms with van der Waals surface area (Å²) in [4.78, 5) is 0. The lowest BCUT2D eigenvalue weighted by atomic mass is 9.96. The van der Waals surface area contributed by atoms with Gasteiger partial charge in [-0.25, -0.2) is 0 Å². The van der Waals surface area contributed by atoms with Crippen LogP contribution in [0.15, 0.2) is 12.1 Å². The first-order valence-corrected chi connectivity index (χ1v) is 4.47. The van der Waals surface area contributed by atoms with Crippen molar-refractivity contribution in [3.05, 3.63) is 34.3 Å². The van der Waals surface area contributed by atoms with E-state index in [9.17, 15) is 5.21 Å². The van der Waals surface area contributed by atoms with Crippen molar-refractivity contribution in [3.8, 4) is 6.07 Å². The number of aromatic nitrogens is 1. The van der Waals surface area contributed by atoms with Gasteiger partial charge in [-0.3, -0.25) is 0 Å². The highest BCUT2D eigenvalue weighted by molar-refractivity contribution is 5.25. The molecule has 1 aliphatic carbocycles. The summed E-state index contributed by atoms with van der Waals surface area (Å²) in [6.07, 6.45) is 4.00. The molecule has 0 radical (unpaired) electrons. The third-order valence-electron chi connectivity index (χ3n) is 2.50. The maximum Gasteiger partial charge on any atom is 0.294 e. The van der Waals surface area contributed by atoms with Crippen LogP contribution in [0.25, 0.3) is 0 Å². The number of hydrogen-bond donors (Lipinski definition) is 0. The molecule has 0 unspecified atom stereocenters. The van der Waals surface area contributed by atoms with E-state index in [2.05, 4.69) is 0 Å². The maximum absolute atomic E-state index is 11.5. The molecule has 3 heteroatoms. The Bertz CT molecular complexity index is 379. The fourth-order valence-electron chi connectivity index (χ4n) is 1.80. The molecular weight excluding hydrogens is 164 g/mol. The van der Waals surface area contributed by atoms with Crippen LogP contribution in [0.2, 0.25) is 0 Å². The summed E-state index contributed by atoms with van der Waals surface area (Å²) >= 11 is 0. The number of pyridine rings is 1. The molecule has 0 saturated carbocycles. The number of nitrogens with zero attached hydrogens (tertiary/aromatic N) is 2. The molecule has 0 aliphatic heterocycles. The van der Waals surface area contributed by atoms with E-state index in [-0.39, 0.29) is 5.69 Å². The summed E-state index contributed by atoms with van der Waals surface area (Å²) in [5, 5.41) is 20.2. The van der Waals surface area contributed by atoms with Gasteiger partial charge in [0.2, 0.25) is 0 Å². The molecule has 0 aromatic carbocycles. The molecule has 1 aliphatic rings. The van der Waals surface area contributed by atoms with Gasteiger partial charge in [-0.15, -0.1) is 0 Å². The normalized spacial score (nSPS) is 14.7. The summed E-state index contributed by atoms with van der Waals surface area (Å²) in [6, 6.07) is 5.41. The highest BCUT2D eigenvalue weighted by Crippen LogP contribution is 2.17. The molecule has 0 amide bonds. The fourth-order valence-corrected chi connectivity index (χ4v) is 1.80. The zero-order chi connectivity index (χ0) is 9.26. The first-order valence-electron chi connectivity index (χ1n) is 4.47. The molecule has 1 aromatic rings. The summed E-state index contributed by atoms with van der Waals surface area (Å²) < 4.78 is 0.786. The number of aryl methyl sites for hydroxylation is 1. The minimum atomic E-state index is 0.209. The summed E-state index contributed by atoms with van der Waals surface area (Å²) in [6.45, 7) is 0. The Kier molecular flexibility index (Phi) is 1.90. The number of rotatable bonds is 0. The third-order valence-corrected chi connectivity index (χ3v) is 2.50. The highest BCUT2D eigenvalue weighted by atomic mass is 16.5. The van der Waals surface area contributed by atoms with Crippen molar-refractivity contribution in [3.63, 3.8) is 0 Å². The van der Waals surface area contributed by atoms with Crippen LogP contribution in [0.1, 0.15) is 29.8 Å². The molecule has 0 spiro atoms. The lowest BCUT2D eigenvalue weighted by molar-refractivity contribution is -0.617. The lowest BCUT2D eigenvalue weighted by Crippen LogP contribution is -2.38. The number of nitriles is 1. The Hall–Kier alpha value is -1.56. The molecule has 0 fully saturated rings. The van der Waals surface area contributed by atoms with Crippen LogP contribution < -0.4 is 4.73 Å². The van der Waals surface area contributed by atoms with Gasteiger partial charge in [-0.05, 0) is 25.3 Å². The van der Waals surface area contributed by atoms with Crippen LogP contribution in [-0.4, -0.2) is 0 Å². The molecule has 3 nitrogen and oxygen atoms in total. The van der Waals surface area contributed by atoms with Crippen LogP contribution in [-0.2, 0) is 12.8 Å². The number of fused-ring (bicyclic) bond motifs is 1. The first-order chi connectivity index (χ1) is 6.33. The van der Waals surface area contributed by atoms with Crippen molar-refractivity contribution in [2.75, 3.05) is 0 Å². The maximum atomic E-state index is 11.5. The van der Waals surface area contributed by atoms with Crippen molar-refractivity contribution >= 4 is 0 Å². The average molecular weight is 174 g/mol. The SMILES string of the molecule is N#Cc1ccc2c([n+]1[O-])CCCC2. The second-order valence-electron chi connectivity index (χ2n) is 3.30. The molecule has 0 saturated heterocycles. The average Bonchev–Trinajstić information content (AvgIpc) is 2.19. The van der Waals surface area contributed by atoms with Crippen molar-refractivity contribution < 1.29 is 4.73 Å². The second kappa shape index (κ2) is 3.06. The van der Waals surface area contributed by atoms with Crippen molar-refractivity contribution in [2.24, 2.45) is 0 Å². The third kappa shape index (κ3) is 1.25. The van der Waals surface area contributed by atoms with Gasteiger partial charge in [0.1, 0.15) is 0 Å². The lowest BCUT2D eigenvalue weighted by Gasteiger charge is -2.14. The minimum Gasteiger partial charge on any atom is -0.618 e. The molecule has 2 rings (SSSR count). The standard InChI is InChI=1S/C10H10N2O/c11-7-9-6-5-8-3-1-2-4-10(8)12(9)13/h5-6H,1-4H2. The molecule has 1 heterocycles. The fraction of sp³-hybridized carbons (Fsp3) is 0.400. The summed E-state index contributed by atoms with van der Waals surface area (Å²) in [5.74, 6) is 0. The minimum absolute atomic E-state index is 0.209. The summed E-state index contributed by atoms with van der Waals surface area (Å²) in [5.41, 5.74) is 2.12. The zero-order valence-corrected chi connectivity index (χ0v) is 7.29. The van der Waals surface area contributed by atoms with Gasteiger partial charge in [0.25, 0.3) is 5.69 Å². The van der Waals surface area contributed by atoms with Crippen LogP contribution in [0, 0.1) is 16.5 Å². The monoisotopic (exact) mass is 174 g/mol. The Balaban J connectivity index is 2.56. The van der Waals surface area contributed by atoms with E-state index in [0.717, 1.165) is 41.7 Å². The Labute approximate surface area is 76.8 Å². The Morgan fingerprint density at radius 2 is 2.08 bits per heavy atom. The van der Waals surface area contributed by atoms with Gasteiger partial charge in [-0.2, -0.15) is 9.99 Å². The van der Waals surface area contributed by atoms with Gasteiger partial charge in [0.15, 0.2) is 11.8 Å². The van der Waals surface area contributed by atoms with Crippen LogP contribution >= 0.6 is 0 Å². The van der Waals surface area contributed by atoms with Gasteiger partial charge in [0.05, 0.1) is 0 Å². The van der Waals surface area contributed by atoms with E-state index in [1.807, 2.05) is 12.1 Å². The van der Waals surface area contributed by atoms with Crippen molar-refractivity contribution in [1.82, 2.24) is 0 Å². The van der Waals surface area contributed by atoms with Gasteiger partial charge >= 0.3 is 0 Å². The van der Waals surface area contributed by atoms with E-state index in [4.69, 9.17) is 5.26 Å². The largest absolute Gasteiger partial charge is 0.618 e. The zero-order valence-electron chi connectivity index (χ0n) is 7.29. The Morgan fingerprint density at radius 1 is 1.31 bits per heavy atom. The first kappa shape index (κ1) is 8.06. The van der Waals surface area contributed by atoms with Crippen molar-refractivity contribution in [1.29, 1.82) is 5.26 Å². The molecule has 1 aromatic heterocycles. The molecular formula is C10H10N2O. The van der Waals surface area contributed by atoms with Crippen molar-refractivity contribution in [2.45, 2.75) is 25.7 Å². The van der Waals surface area contributed by atoms with E-state index in [1.54, 1.807) is 6.07 Å². The molecule has 66 valence electrons. The van der Waals surface area contributed by atoms with Crippen LogP contribution in [0.3, 0.4) is 0 Å². The predicted octanol–water partition coefficient (Wildman–Crippen LogP) is 1.07. The van der Waals surface area contributed by atoms with Crippen LogP contribution in [0.4, 0.5) is 0 Å². The van der Waals surface area contributed by atoms with Gasteiger partial charge in [0, 0.05) is 18.1 Å². The van der Waals surface area contributed by atoms with E-state index in [1.165, 1.54) is 0 Å². The van der Waals surface area contributed by atoms with Crippen LogP contribution in [0.5, 0.6) is 0 Å². The van der Waals surface area contributed by atoms with E-state index < -0.39 is 0 Å². The molecule has 13 heavy (non-hydrogen) atoms. The quantitative estimate of drug-likeness (QED) is 0.436. The van der Waals surface area contributed by atoms with E-state index >= 15 is 0 Å². The van der Waals surface area contributed by atoms with E-state index in [0.29, 0.717) is 0 Å². The topological polar surface area (TPSA) is 50.7 Å². The molecule has 0 bridgehead atoms. The smallest absolute Gasteiger partial charge is 0.294 e. The Morgan fingerprint density at radius 3 is 2.85 bits per heavy atom. The second-order valence-corrected chi connectivity index (χ2v) is 3.30. The van der Waals surface area contributed by atoms with Gasteiger partial charge in [-0.1, -0.05) is 0 Å².